The van der Waals surface area contributed by atoms with Gasteiger partial charge in [-0.2, -0.15) is 5.26 Å². The summed E-state index contributed by atoms with van der Waals surface area (Å²) in [5.41, 5.74) is 1.48. The number of hydrogen-bond donors (Lipinski definition) is 1. The van der Waals surface area contributed by atoms with Crippen LogP contribution < -0.4 is 10.2 Å². The molecule has 0 aliphatic carbocycles. The molecular formula is C22H23F4N5O. The van der Waals surface area contributed by atoms with Crippen LogP contribution in [0.1, 0.15) is 18.9 Å². The maximum Gasteiger partial charge on any atom is 0.317 e. The first kappa shape index (κ1) is 22.1. The van der Waals surface area contributed by atoms with Gasteiger partial charge in [0.1, 0.15) is 6.07 Å². The third kappa shape index (κ3) is 4.29. The molecule has 3 heterocycles. The lowest BCUT2D eigenvalue weighted by Gasteiger charge is -2.42. The first-order chi connectivity index (χ1) is 15.2. The minimum absolute atomic E-state index is 0.0319. The number of urea groups is 1. The van der Waals surface area contributed by atoms with Crippen LogP contribution in [0.2, 0.25) is 0 Å². The Balaban J connectivity index is 1.61. The molecule has 10 heteroatoms. The summed E-state index contributed by atoms with van der Waals surface area (Å²) in [6.45, 7) is 0.417. The van der Waals surface area contributed by atoms with Crippen molar-refractivity contribution in [1.29, 1.82) is 5.26 Å². The van der Waals surface area contributed by atoms with E-state index in [9.17, 15) is 27.6 Å². The van der Waals surface area contributed by atoms with E-state index in [1.165, 1.54) is 0 Å². The quantitative estimate of drug-likeness (QED) is 0.726. The molecule has 6 nitrogen and oxygen atoms in total. The Labute approximate surface area is 182 Å². The zero-order valence-corrected chi connectivity index (χ0v) is 17.4. The zero-order valence-electron chi connectivity index (χ0n) is 17.4. The number of carbonyl (C=O) groups excluding carboxylic acids is 1. The van der Waals surface area contributed by atoms with Gasteiger partial charge in [0.2, 0.25) is 5.92 Å². The van der Waals surface area contributed by atoms with E-state index in [1.807, 2.05) is 0 Å². The standard InChI is InChI=1S/C22H23F4N5O/c1-22(25,26)14-7-15(29-21(32)31-11-17(23)18(24)12-31)10-30(9-14)19-5-4-13(8-27)20-16(19)3-2-6-28-20/h2-6,14-15,17-18H,7,9-12H2,1H3,(H,29,32)/t14-,15+,17-,18+/m0/s1. The van der Waals surface area contributed by atoms with Gasteiger partial charge in [-0.25, -0.2) is 22.4 Å². The lowest BCUT2D eigenvalue weighted by Crippen LogP contribution is -2.56. The Hall–Kier alpha value is -3.09. The summed E-state index contributed by atoms with van der Waals surface area (Å²) in [6.07, 6.45) is -1.89. The minimum Gasteiger partial charge on any atom is -0.368 e. The number of hydrogen-bond acceptors (Lipinski definition) is 4. The van der Waals surface area contributed by atoms with Crippen LogP contribution in [0.5, 0.6) is 0 Å². The fourth-order valence-corrected chi connectivity index (χ4v) is 4.45. The number of alkyl halides is 4. The molecule has 1 aromatic carbocycles. The minimum atomic E-state index is -3.00. The first-order valence-corrected chi connectivity index (χ1v) is 10.4. The number of nitrogens with zero attached hydrogens (tertiary/aromatic N) is 4. The van der Waals surface area contributed by atoms with E-state index in [2.05, 4.69) is 16.4 Å². The van der Waals surface area contributed by atoms with Crippen molar-refractivity contribution in [1.82, 2.24) is 15.2 Å². The normalized spacial score (nSPS) is 26.2. The number of anilines is 1. The summed E-state index contributed by atoms with van der Waals surface area (Å²) in [4.78, 5) is 19.6. The maximum absolute atomic E-state index is 14.3. The fraction of sp³-hybridized carbons (Fsp3) is 0.500. The van der Waals surface area contributed by atoms with Crippen LogP contribution in [0.15, 0.2) is 30.5 Å². The molecule has 1 N–H and O–H groups in total. The van der Waals surface area contributed by atoms with Gasteiger partial charge in [-0.05, 0) is 37.6 Å². The lowest BCUT2D eigenvalue weighted by atomic mass is 9.88. The number of benzene rings is 1. The molecule has 170 valence electrons. The van der Waals surface area contributed by atoms with Gasteiger partial charge in [0.15, 0.2) is 12.3 Å². The molecule has 2 aromatic rings. The number of piperidine rings is 1. The second-order valence-corrected chi connectivity index (χ2v) is 8.52. The van der Waals surface area contributed by atoms with Gasteiger partial charge in [-0.3, -0.25) is 4.98 Å². The van der Waals surface area contributed by atoms with E-state index in [1.54, 1.807) is 35.4 Å². The van der Waals surface area contributed by atoms with Crippen LogP contribution in [0, 0.1) is 17.2 Å². The van der Waals surface area contributed by atoms with E-state index in [4.69, 9.17) is 0 Å². The van der Waals surface area contributed by atoms with Crippen LogP contribution in [0.3, 0.4) is 0 Å². The van der Waals surface area contributed by atoms with E-state index in [0.717, 1.165) is 11.8 Å². The lowest BCUT2D eigenvalue weighted by molar-refractivity contribution is -0.0473. The summed E-state index contributed by atoms with van der Waals surface area (Å²) in [5, 5.41) is 12.7. The molecule has 4 atom stereocenters. The fourth-order valence-electron chi connectivity index (χ4n) is 4.45. The number of rotatable bonds is 3. The summed E-state index contributed by atoms with van der Waals surface area (Å²) in [5.74, 6) is -4.05. The largest absolute Gasteiger partial charge is 0.368 e. The van der Waals surface area contributed by atoms with Crippen molar-refractivity contribution in [3.63, 3.8) is 0 Å². The van der Waals surface area contributed by atoms with Crippen molar-refractivity contribution in [3.8, 4) is 6.07 Å². The number of fused-ring (bicyclic) bond motifs is 1. The van der Waals surface area contributed by atoms with E-state index in [-0.39, 0.29) is 32.6 Å². The molecule has 2 aliphatic rings. The van der Waals surface area contributed by atoms with Crippen molar-refractivity contribution in [2.24, 2.45) is 5.92 Å². The topological polar surface area (TPSA) is 72.3 Å². The Morgan fingerprint density at radius 2 is 1.91 bits per heavy atom. The number of carbonyl (C=O) groups is 1. The number of amides is 2. The number of nitrogens with one attached hydrogen (secondary N) is 1. The van der Waals surface area contributed by atoms with Gasteiger partial charge < -0.3 is 15.1 Å². The highest BCUT2D eigenvalue weighted by molar-refractivity contribution is 5.95. The van der Waals surface area contributed by atoms with E-state index < -0.39 is 36.3 Å². The van der Waals surface area contributed by atoms with Crippen LogP contribution in [0.4, 0.5) is 28.0 Å². The third-order valence-electron chi connectivity index (χ3n) is 6.17. The molecule has 2 fully saturated rings. The smallest absolute Gasteiger partial charge is 0.317 e. The van der Waals surface area contributed by atoms with E-state index >= 15 is 0 Å². The highest BCUT2D eigenvalue weighted by Gasteiger charge is 2.42. The molecule has 0 unspecified atom stereocenters. The molecule has 0 radical (unpaired) electrons. The number of aromatic nitrogens is 1. The van der Waals surface area contributed by atoms with Crippen LogP contribution in [0.25, 0.3) is 10.9 Å². The van der Waals surface area contributed by atoms with Crippen LogP contribution >= 0.6 is 0 Å². The zero-order chi connectivity index (χ0) is 23.0. The molecule has 0 spiro atoms. The highest BCUT2D eigenvalue weighted by Crippen LogP contribution is 2.36. The number of likely N-dealkylation sites (tertiary alicyclic amines) is 1. The molecule has 1 aromatic heterocycles. The summed E-state index contributed by atoms with van der Waals surface area (Å²) < 4.78 is 55.6. The molecule has 2 amide bonds. The summed E-state index contributed by atoms with van der Waals surface area (Å²) in [6, 6.07) is 7.54. The summed E-state index contributed by atoms with van der Waals surface area (Å²) in [7, 11) is 0. The third-order valence-corrected chi connectivity index (χ3v) is 6.17. The molecule has 4 rings (SSSR count). The molecule has 2 aliphatic heterocycles. The number of nitriles is 1. The average molecular weight is 449 g/mol. The SMILES string of the molecule is CC(F)(F)[C@H]1C[C@@H](NC(=O)N2C[C@@H](F)[C@@H](F)C2)CN(c2ccc(C#N)c3ncccc23)C1. The second kappa shape index (κ2) is 8.45. The van der Waals surface area contributed by atoms with Crippen molar-refractivity contribution < 1.29 is 22.4 Å². The molecule has 32 heavy (non-hydrogen) atoms. The first-order valence-electron chi connectivity index (χ1n) is 10.4. The molecule has 0 bridgehead atoms. The Bertz CT molecular complexity index is 1040. The molecule has 0 saturated carbocycles. The van der Waals surface area contributed by atoms with Gasteiger partial charge in [-0.1, -0.05) is 0 Å². The van der Waals surface area contributed by atoms with Gasteiger partial charge in [0.25, 0.3) is 0 Å². The van der Waals surface area contributed by atoms with Gasteiger partial charge in [0.05, 0.1) is 24.2 Å². The van der Waals surface area contributed by atoms with Gasteiger partial charge >= 0.3 is 6.03 Å². The van der Waals surface area contributed by atoms with Crippen molar-refractivity contribution in [3.05, 3.63) is 36.0 Å². The highest BCUT2D eigenvalue weighted by atomic mass is 19.3. The maximum atomic E-state index is 14.3. The monoisotopic (exact) mass is 449 g/mol. The molecule has 2 saturated heterocycles. The number of pyridine rings is 1. The van der Waals surface area contributed by atoms with Crippen LogP contribution in [-0.2, 0) is 0 Å². The van der Waals surface area contributed by atoms with Gasteiger partial charge in [-0.15, -0.1) is 0 Å². The van der Waals surface area contributed by atoms with Crippen molar-refractivity contribution >= 4 is 22.6 Å². The Morgan fingerprint density at radius 3 is 2.56 bits per heavy atom. The Morgan fingerprint density at radius 1 is 1.19 bits per heavy atom. The van der Waals surface area contributed by atoms with Crippen molar-refractivity contribution in [2.45, 2.75) is 37.7 Å². The van der Waals surface area contributed by atoms with Crippen LogP contribution in [-0.4, -0.2) is 66.4 Å². The average Bonchev–Trinajstić information content (AvgIpc) is 3.10. The predicted molar refractivity (Wildman–Crippen MR) is 111 cm³/mol. The Kier molecular flexibility index (Phi) is 5.84. The second-order valence-electron chi connectivity index (χ2n) is 8.52. The predicted octanol–water partition coefficient (Wildman–Crippen LogP) is 3.66. The molecular weight excluding hydrogens is 426 g/mol. The van der Waals surface area contributed by atoms with E-state index in [0.29, 0.717) is 22.2 Å². The summed E-state index contributed by atoms with van der Waals surface area (Å²) >= 11 is 0. The van der Waals surface area contributed by atoms with Crippen molar-refractivity contribution in [2.75, 3.05) is 31.1 Å². The number of halogens is 4. The van der Waals surface area contributed by atoms with Gasteiger partial charge in [0, 0.05) is 42.3 Å².